The molecule has 6 heteroatoms. The second-order valence-corrected chi connectivity index (χ2v) is 3.90. The van der Waals surface area contributed by atoms with Gasteiger partial charge in [0.2, 0.25) is 0 Å². The van der Waals surface area contributed by atoms with Gasteiger partial charge in [-0.3, -0.25) is 5.32 Å². The highest BCUT2D eigenvalue weighted by molar-refractivity contribution is 7.80. The first-order valence-electron chi connectivity index (χ1n) is 4.13. The Bertz CT molecular complexity index is 360. The number of hydrogen-bond donors (Lipinski definition) is 2. The van der Waals surface area contributed by atoms with E-state index in [-0.39, 0.29) is 6.61 Å². The number of halogens is 2. The maximum atomic E-state index is 11.2. The van der Waals surface area contributed by atoms with Crippen LogP contribution in [0.4, 0.5) is 10.5 Å². The van der Waals surface area contributed by atoms with E-state index in [1.165, 1.54) is 0 Å². The van der Waals surface area contributed by atoms with Gasteiger partial charge in [-0.1, -0.05) is 23.2 Å². The summed E-state index contributed by atoms with van der Waals surface area (Å²) in [7, 11) is 0. The minimum absolute atomic E-state index is 0.243. The third-order valence-corrected chi connectivity index (χ3v) is 2.24. The molecule has 0 saturated carbocycles. The van der Waals surface area contributed by atoms with E-state index in [0.29, 0.717) is 21.5 Å². The van der Waals surface area contributed by atoms with Crippen LogP contribution in [0.25, 0.3) is 0 Å². The number of benzene rings is 1. The summed E-state index contributed by atoms with van der Waals surface area (Å²) >= 11 is 15.5. The van der Waals surface area contributed by atoms with Gasteiger partial charge in [0.15, 0.2) is 0 Å². The van der Waals surface area contributed by atoms with Crippen LogP contribution in [0.3, 0.4) is 0 Å². The lowest BCUT2D eigenvalue weighted by atomic mass is 10.3. The fourth-order valence-electron chi connectivity index (χ4n) is 0.878. The first-order valence-corrected chi connectivity index (χ1v) is 5.52. The second-order valence-electron chi connectivity index (χ2n) is 2.61. The molecule has 15 heavy (non-hydrogen) atoms. The molecule has 0 aliphatic rings. The van der Waals surface area contributed by atoms with Gasteiger partial charge in [-0.15, -0.1) is 0 Å². The predicted molar refractivity (Wildman–Crippen MR) is 65.3 cm³/mol. The van der Waals surface area contributed by atoms with Gasteiger partial charge >= 0.3 is 6.09 Å². The van der Waals surface area contributed by atoms with E-state index in [0.717, 1.165) is 0 Å². The Morgan fingerprint density at radius 3 is 2.87 bits per heavy atom. The van der Waals surface area contributed by atoms with Crippen molar-refractivity contribution in [3.8, 4) is 0 Å². The van der Waals surface area contributed by atoms with Crippen LogP contribution in [0, 0.1) is 0 Å². The average Bonchev–Trinajstić information content (AvgIpc) is 2.20. The van der Waals surface area contributed by atoms with Crippen LogP contribution in [0.2, 0.25) is 10.0 Å². The van der Waals surface area contributed by atoms with Crippen LogP contribution in [0.1, 0.15) is 0 Å². The molecule has 1 rings (SSSR count). The van der Waals surface area contributed by atoms with E-state index in [1.807, 2.05) is 0 Å². The molecule has 0 bridgehead atoms. The average molecular weight is 266 g/mol. The fraction of sp³-hybridized carbons (Fsp3) is 0.222. The van der Waals surface area contributed by atoms with E-state index in [1.54, 1.807) is 18.2 Å². The lowest BCUT2D eigenvalue weighted by molar-refractivity contribution is 0.169. The normalized spacial score (nSPS) is 9.80. The molecule has 0 aliphatic carbocycles. The molecule has 0 aromatic heterocycles. The van der Waals surface area contributed by atoms with E-state index in [9.17, 15) is 4.79 Å². The molecule has 1 amide bonds. The molecule has 0 atom stereocenters. The number of nitrogens with one attached hydrogen (secondary N) is 1. The minimum atomic E-state index is -0.576. The number of rotatable bonds is 3. The quantitative estimate of drug-likeness (QED) is 0.822. The van der Waals surface area contributed by atoms with Crippen molar-refractivity contribution in [1.82, 2.24) is 0 Å². The standard InChI is InChI=1S/C9H9Cl2NO2S/c10-6-1-2-7(11)8(5-6)12-9(13)14-3-4-15/h1-2,5,15H,3-4H2,(H,12,13). The SMILES string of the molecule is O=C(Nc1cc(Cl)ccc1Cl)OCCS. The van der Waals surface area contributed by atoms with Crippen molar-refractivity contribution in [2.75, 3.05) is 17.7 Å². The van der Waals surface area contributed by atoms with Crippen LogP contribution in [-0.4, -0.2) is 18.5 Å². The molecule has 0 aliphatic heterocycles. The molecule has 3 nitrogen and oxygen atoms in total. The number of ether oxygens (including phenoxy) is 1. The van der Waals surface area contributed by atoms with Gasteiger partial charge in [0.1, 0.15) is 6.61 Å². The molecular formula is C9H9Cl2NO2S. The monoisotopic (exact) mass is 265 g/mol. The Morgan fingerprint density at radius 1 is 1.47 bits per heavy atom. The van der Waals surface area contributed by atoms with E-state index in [4.69, 9.17) is 27.9 Å². The first-order chi connectivity index (χ1) is 7.13. The maximum absolute atomic E-state index is 11.2. The molecule has 1 aromatic rings. The van der Waals surface area contributed by atoms with Crippen molar-refractivity contribution in [2.45, 2.75) is 0 Å². The summed E-state index contributed by atoms with van der Waals surface area (Å²) in [5.74, 6) is 0.469. The third kappa shape index (κ3) is 4.20. The fourth-order valence-corrected chi connectivity index (χ4v) is 1.31. The largest absolute Gasteiger partial charge is 0.448 e. The third-order valence-electron chi connectivity index (χ3n) is 1.49. The van der Waals surface area contributed by atoms with Crippen molar-refractivity contribution in [2.24, 2.45) is 0 Å². The zero-order valence-corrected chi connectivity index (χ0v) is 10.1. The van der Waals surface area contributed by atoms with Crippen LogP contribution in [0.5, 0.6) is 0 Å². The number of anilines is 1. The highest BCUT2D eigenvalue weighted by atomic mass is 35.5. The van der Waals surface area contributed by atoms with Gasteiger partial charge in [0.25, 0.3) is 0 Å². The van der Waals surface area contributed by atoms with Crippen LogP contribution < -0.4 is 5.32 Å². The molecule has 1 N–H and O–H groups in total. The lowest BCUT2D eigenvalue weighted by Crippen LogP contribution is -2.15. The lowest BCUT2D eigenvalue weighted by Gasteiger charge is -2.07. The minimum Gasteiger partial charge on any atom is -0.448 e. The van der Waals surface area contributed by atoms with Gasteiger partial charge in [0, 0.05) is 10.8 Å². The molecule has 82 valence electrons. The zero-order valence-electron chi connectivity index (χ0n) is 7.67. The van der Waals surface area contributed by atoms with Gasteiger partial charge in [0.05, 0.1) is 10.7 Å². The smallest absolute Gasteiger partial charge is 0.411 e. The van der Waals surface area contributed by atoms with Crippen molar-refractivity contribution >= 4 is 47.6 Å². The molecule has 0 saturated heterocycles. The topological polar surface area (TPSA) is 38.3 Å². The summed E-state index contributed by atoms with van der Waals surface area (Å²) in [6.07, 6.45) is -0.576. The number of amides is 1. The van der Waals surface area contributed by atoms with E-state index in [2.05, 4.69) is 17.9 Å². The molecule has 0 fully saturated rings. The van der Waals surface area contributed by atoms with Crippen LogP contribution in [-0.2, 0) is 4.74 Å². The van der Waals surface area contributed by atoms with Crippen molar-refractivity contribution < 1.29 is 9.53 Å². The summed E-state index contributed by atoms with van der Waals surface area (Å²) < 4.78 is 4.76. The number of thiol groups is 1. The summed E-state index contributed by atoms with van der Waals surface area (Å²) in [5.41, 5.74) is 0.424. The molecular weight excluding hydrogens is 257 g/mol. The van der Waals surface area contributed by atoms with Gasteiger partial charge in [-0.05, 0) is 18.2 Å². The maximum Gasteiger partial charge on any atom is 0.411 e. The Morgan fingerprint density at radius 2 is 2.20 bits per heavy atom. The van der Waals surface area contributed by atoms with E-state index < -0.39 is 6.09 Å². The highest BCUT2D eigenvalue weighted by Gasteiger charge is 2.06. The first kappa shape index (κ1) is 12.5. The van der Waals surface area contributed by atoms with Gasteiger partial charge in [-0.25, -0.2) is 4.79 Å². The second kappa shape index (κ2) is 6.10. The molecule has 1 aromatic carbocycles. The Hall–Kier alpha value is -0.580. The molecule has 0 radical (unpaired) electrons. The number of carbonyl (C=O) groups is 1. The molecule has 0 heterocycles. The Labute approximate surface area is 103 Å². The Balaban J connectivity index is 2.63. The summed E-state index contributed by atoms with van der Waals surface area (Å²) in [4.78, 5) is 11.2. The van der Waals surface area contributed by atoms with E-state index >= 15 is 0 Å². The van der Waals surface area contributed by atoms with Crippen molar-refractivity contribution in [3.05, 3.63) is 28.2 Å². The zero-order chi connectivity index (χ0) is 11.3. The number of carbonyl (C=O) groups excluding carboxylic acids is 1. The predicted octanol–water partition coefficient (Wildman–Crippen LogP) is 3.47. The van der Waals surface area contributed by atoms with Crippen LogP contribution in [0.15, 0.2) is 18.2 Å². The van der Waals surface area contributed by atoms with Crippen molar-refractivity contribution in [3.63, 3.8) is 0 Å². The summed E-state index contributed by atoms with van der Waals surface area (Å²) in [5, 5.41) is 3.37. The molecule has 0 spiro atoms. The summed E-state index contributed by atoms with van der Waals surface area (Å²) in [6, 6.07) is 4.78. The highest BCUT2D eigenvalue weighted by Crippen LogP contribution is 2.25. The van der Waals surface area contributed by atoms with Gasteiger partial charge in [-0.2, -0.15) is 12.6 Å². The molecule has 0 unspecified atom stereocenters. The number of hydrogen-bond acceptors (Lipinski definition) is 3. The Kier molecular flexibility index (Phi) is 5.08. The summed E-state index contributed by atoms with van der Waals surface area (Å²) in [6.45, 7) is 0.243. The van der Waals surface area contributed by atoms with Gasteiger partial charge < -0.3 is 4.74 Å². The van der Waals surface area contributed by atoms with Crippen molar-refractivity contribution in [1.29, 1.82) is 0 Å². The van der Waals surface area contributed by atoms with Crippen LogP contribution >= 0.6 is 35.8 Å².